The van der Waals surface area contributed by atoms with Gasteiger partial charge in [0.1, 0.15) is 17.4 Å². The van der Waals surface area contributed by atoms with Gasteiger partial charge in [-0.3, -0.25) is 4.79 Å². The molecule has 0 unspecified atom stereocenters. The summed E-state index contributed by atoms with van der Waals surface area (Å²) in [4.78, 5) is 12.1. The van der Waals surface area contributed by atoms with Crippen molar-refractivity contribution in [3.05, 3.63) is 53.6 Å². The lowest BCUT2D eigenvalue weighted by molar-refractivity contribution is -0.117. The summed E-state index contributed by atoms with van der Waals surface area (Å²) in [5, 5.41) is 2.21. The molecular formula is C17H18F2N2O4S. The van der Waals surface area contributed by atoms with E-state index in [1.807, 2.05) is 0 Å². The molecule has 2 aromatic rings. The standard InChI is InChI=1S/C17H18F2N2O4S/c1-10-8-13(5-7-16(10)25-3)26(23,24)21-11(2)17(22)20-15-6-4-12(18)9-14(15)19/h4-9,11,21H,1-3H3,(H,20,22)/t11-/m1/s1. The molecule has 0 radical (unpaired) electrons. The number of rotatable bonds is 6. The molecule has 1 atom stereocenters. The number of carbonyl (C=O) groups is 1. The summed E-state index contributed by atoms with van der Waals surface area (Å²) in [6, 6.07) is 5.72. The van der Waals surface area contributed by atoms with E-state index in [2.05, 4.69) is 10.0 Å². The molecule has 0 bridgehead atoms. The average Bonchev–Trinajstić information content (AvgIpc) is 2.56. The van der Waals surface area contributed by atoms with Crippen LogP contribution in [-0.4, -0.2) is 27.5 Å². The Hall–Kier alpha value is -2.52. The van der Waals surface area contributed by atoms with Crippen LogP contribution in [0, 0.1) is 18.6 Å². The summed E-state index contributed by atoms with van der Waals surface area (Å²) >= 11 is 0. The number of ether oxygens (including phenoxy) is 1. The van der Waals surface area contributed by atoms with E-state index in [1.165, 1.54) is 32.2 Å². The first kappa shape index (κ1) is 19.8. The Morgan fingerprint density at radius 3 is 2.42 bits per heavy atom. The third kappa shape index (κ3) is 4.55. The smallest absolute Gasteiger partial charge is 0.242 e. The number of sulfonamides is 1. The van der Waals surface area contributed by atoms with Gasteiger partial charge in [0.25, 0.3) is 0 Å². The first-order valence-corrected chi connectivity index (χ1v) is 9.05. The molecule has 0 aliphatic rings. The van der Waals surface area contributed by atoms with Gasteiger partial charge in [-0.05, 0) is 49.7 Å². The number of aryl methyl sites for hydroxylation is 1. The number of hydrogen-bond acceptors (Lipinski definition) is 4. The van der Waals surface area contributed by atoms with Crippen molar-refractivity contribution < 1.29 is 26.7 Å². The summed E-state index contributed by atoms with van der Waals surface area (Å²) in [7, 11) is -2.51. The summed E-state index contributed by atoms with van der Waals surface area (Å²) in [6.07, 6.45) is 0. The highest BCUT2D eigenvalue weighted by Crippen LogP contribution is 2.21. The van der Waals surface area contributed by atoms with E-state index in [9.17, 15) is 22.0 Å². The SMILES string of the molecule is COc1ccc(S(=O)(=O)N[C@H](C)C(=O)Nc2ccc(F)cc2F)cc1C. The van der Waals surface area contributed by atoms with Gasteiger partial charge < -0.3 is 10.1 Å². The first-order valence-electron chi connectivity index (χ1n) is 7.57. The first-order chi connectivity index (χ1) is 12.1. The summed E-state index contributed by atoms with van der Waals surface area (Å²) < 4.78 is 58.6. The van der Waals surface area contributed by atoms with Crippen molar-refractivity contribution in [2.75, 3.05) is 12.4 Å². The van der Waals surface area contributed by atoms with Gasteiger partial charge in [0, 0.05) is 6.07 Å². The van der Waals surface area contributed by atoms with Crippen LogP contribution in [0.15, 0.2) is 41.3 Å². The molecule has 140 valence electrons. The predicted molar refractivity (Wildman–Crippen MR) is 92.5 cm³/mol. The Morgan fingerprint density at radius 2 is 1.85 bits per heavy atom. The molecule has 2 aromatic carbocycles. The lowest BCUT2D eigenvalue weighted by Crippen LogP contribution is -2.41. The molecule has 2 rings (SSSR count). The van der Waals surface area contributed by atoms with Crippen LogP contribution in [0.5, 0.6) is 5.75 Å². The van der Waals surface area contributed by atoms with Gasteiger partial charge in [-0.2, -0.15) is 4.72 Å². The predicted octanol–water partition coefficient (Wildman–Crippen LogP) is 2.59. The Kier molecular flexibility index (Phi) is 5.94. The van der Waals surface area contributed by atoms with Crippen molar-refractivity contribution in [2.24, 2.45) is 0 Å². The van der Waals surface area contributed by atoms with E-state index in [0.717, 1.165) is 12.1 Å². The molecule has 9 heteroatoms. The Bertz CT molecular complexity index is 932. The van der Waals surface area contributed by atoms with Crippen LogP contribution in [0.1, 0.15) is 12.5 Å². The fourth-order valence-corrected chi connectivity index (χ4v) is 3.49. The van der Waals surface area contributed by atoms with Crippen LogP contribution in [0.25, 0.3) is 0 Å². The van der Waals surface area contributed by atoms with E-state index in [0.29, 0.717) is 17.4 Å². The van der Waals surface area contributed by atoms with Gasteiger partial charge in [0.05, 0.1) is 23.7 Å². The molecule has 0 aliphatic carbocycles. The quantitative estimate of drug-likeness (QED) is 0.802. The molecule has 0 aliphatic heterocycles. The summed E-state index contributed by atoms with van der Waals surface area (Å²) in [6.45, 7) is 3.00. The molecule has 1 amide bonds. The van der Waals surface area contributed by atoms with Crippen molar-refractivity contribution in [2.45, 2.75) is 24.8 Å². The zero-order chi connectivity index (χ0) is 19.5. The Balaban J connectivity index is 2.13. The third-order valence-electron chi connectivity index (χ3n) is 3.59. The van der Waals surface area contributed by atoms with Gasteiger partial charge in [-0.1, -0.05) is 0 Å². The zero-order valence-corrected chi connectivity index (χ0v) is 15.2. The van der Waals surface area contributed by atoms with Crippen molar-refractivity contribution in [3.63, 3.8) is 0 Å². The topological polar surface area (TPSA) is 84.5 Å². The second-order valence-electron chi connectivity index (χ2n) is 5.59. The molecule has 0 heterocycles. The number of methoxy groups -OCH3 is 1. The van der Waals surface area contributed by atoms with E-state index >= 15 is 0 Å². The number of anilines is 1. The molecule has 2 N–H and O–H groups in total. The van der Waals surface area contributed by atoms with E-state index in [1.54, 1.807) is 6.92 Å². The number of benzene rings is 2. The number of amides is 1. The highest BCUT2D eigenvalue weighted by atomic mass is 32.2. The molecule has 0 aromatic heterocycles. The number of halogens is 2. The fourth-order valence-electron chi connectivity index (χ4n) is 2.20. The Labute approximate surface area is 150 Å². The van der Waals surface area contributed by atoms with Gasteiger partial charge in [-0.15, -0.1) is 0 Å². The largest absolute Gasteiger partial charge is 0.496 e. The molecule has 0 fully saturated rings. The highest BCUT2D eigenvalue weighted by molar-refractivity contribution is 7.89. The van der Waals surface area contributed by atoms with Crippen LogP contribution in [0.2, 0.25) is 0 Å². The molecule has 0 spiro atoms. The lowest BCUT2D eigenvalue weighted by Gasteiger charge is -2.15. The van der Waals surface area contributed by atoms with Crippen LogP contribution in [0.3, 0.4) is 0 Å². The molecular weight excluding hydrogens is 366 g/mol. The number of carbonyl (C=O) groups excluding carboxylic acids is 1. The van der Waals surface area contributed by atoms with Crippen molar-refractivity contribution in [1.29, 1.82) is 0 Å². The van der Waals surface area contributed by atoms with E-state index in [-0.39, 0.29) is 10.6 Å². The molecule has 26 heavy (non-hydrogen) atoms. The number of nitrogens with one attached hydrogen (secondary N) is 2. The monoisotopic (exact) mass is 384 g/mol. The summed E-state index contributed by atoms with van der Waals surface area (Å²) in [5.74, 6) is -2.01. The van der Waals surface area contributed by atoms with Gasteiger partial charge in [-0.25, -0.2) is 17.2 Å². The fraction of sp³-hybridized carbons (Fsp3) is 0.235. The minimum atomic E-state index is -3.98. The maximum Gasteiger partial charge on any atom is 0.242 e. The highest BCUT2D eigenvalue weighted by Gasteiger charge is 2.23. The zero-order valence-electron chi connectivity index (χ0n) is 14.3. The normalized spacial score (nSPS) is 12.5. The van der Waals surface area contributed by atoms with Crippen molar-refractivity contribution >= 4 is 21.6 Å². The molecule has 0 saturated carbocycles. The molecule has 0 saturated heterocycles. The Morgan fingerprint density at radius 1 is 1.15 bits per heavy atom. The van der Waals surface area contributed by atoms with E-state index in [4.69, 9.17) is 4.74 Å². The van der Waals surface area contributed by atoms with Crippen molar-refractivity contribution in [3.8, 4) is 5.75 Å². The third-order valence-corrected chi connectivity index (χ3v) is 5.13. The summed E-state index contributed by atoms with van der Waals surface area (Å²) in [5.41, 5.74) is 0.364. The van der Waals surface area contributed by atoms with Gasteiger partial charge in [0.15, 0.2) is 0 Å². The van der Waals surface area contributed by atoms with Crippen molar-refractivity contribution in [1.82, 2.24) is 4.72 Å². The minimum absolute atomic E-state index is 0.0385. The maximum absolute atomic E-state index is 13.6. The second-order valence-corrected chi connectivity index (χ2v) is 7.30. The average molecular weight is 384 g/mol. The van der Waals surface area contributed by atoms with Crippen LogP contribution in [0.4, 0.5) is 14.5 Å². The van der Waals surface area contributed by atoms with Crippen LogP contribution < -0.4 is 14.8 Å². The van der Waals surface area contributed by atoms with Gasteiger partial charge in [0.2, 0.25) is 15.9 Å². The van der Waals surface area contributed by atoms with Gasteiger partial charge >= 0.3 is 0 Å². The molecule has 6 nitrogen and oxygen atoms in total. The number of hydrogen-bond donors (Lipinski definition) is 2. The minimum Gasteiger partial charge on any atom is -0.496 e. The maximum atomic E-state index is 13.6. The van der Waals surface area contributed by atoms with Crippen LogP contribution >= 0.6 is 0 Å². The van der Waals surface area contributed by atoms with Crippen LogP contribution in [-0.2, 0) is 14.8 Å². The lowest BCUT2D eigenvalue weighted by atomic mass is 10.2. The second kappa shape index (κ2) is 7.79. The van der Waals surface area contributed by atoms with E-state index < -0.39 is 33.6 Å².